The van der Waals surface area contributed by atoms with E-state index in [1.54, 1.807) is 0 Å². The Hall–Kier alpha value is -2.65. The lowest BCUT2D eigenvalue weighted by Crippen LogP contribution is -2.59. The zero-order chi connectivity index (χ0) is 20.7. The van der Waals surface area contributed by atoms with E-state index in [0.717, 1.165) is 20.8 Å². The van der Waals surface area contributed by atoms with Crippen molar-refractivity contribution in [2.24, 2.45) is 5.92 Å². The lowest BCUT2D eigenvalue weighted by molar-refractivity contribution is -0.221. The number of esters is 5. The first kappa shape index (κ1) is 22.4. The van der Waals surface area contributed by atoms with Crippen LogP contribution in [0.25, 0.3) is 0 Å². The highest BCUT2D eigenvalue weighted by atomic mass is 16.6. The number of hydrogen-bond acceptors (Lipinski definition) is 10. The summed E-state index contributed by atoms with van der Waals surface area (Å²) >= 11 is 0. The van der Waals surface area contributed by atoms with E-state index >= 15 is 0 Å². The lowest BCUT2D eigenvalue weighted by atomic mass is 9.80. The molecule has 0 amide bonds. The van der Waals surface area contributed by atoms with Gasteiger partial charge >= 0.3 is 29.8 Å². The molecule has 1 fully saturated rings. The molecule has 1 rings (SSSR count). The third-order valence-electron chi connectivity index (χ3n) is 3.74. The van der Waals surface area contributed by atoms with Gasteiger partial charge in [-0.1, -0.05) is 0 Å². The molecule has 5 atom stereocenters. The summed E-state index contributed by atoms with van der Waals surface area (Å²) in [5.74, 6) is -3.95. The molecule has 0 bridgehead atoms. The van der Waals surface area contributed by atoms with E-state index in [1.165, 1.54) is 13.8 Å². The molecule has 0 N–H and O–H groups in total. The fraction of sp³-hybridized carbons (Fsp3) is 0.706. The molecule has 152 valence electrons. The molecule has 0 aromatic heterocycles. The van der Waals surface area contributed by atoms with Gasteiger partial charge in [-0.25, -0.2) is 0 Å². The number of rotatable bonds is 6. The van der Waals surface area contributed by atoms with Crippen molar-refractivity contribution in [2.75, 3.05) is 6.61 Å². The maximum atomic E-state index is 11.6. The van der Waals surface area contributed by atoms with Gasteiger partial charge < -0.3 is 23.7 Å². The normalized spacial score (nSPS) is 27.1. The second-order valence-electron chi connectivity index (χ2n) is 6.17. The maximum absolute atomic E-state index is 11.6. The van der Waals surface area contributed by atoms with Crippen LogP contribution in [0.15, 0.2) is 0 Å². The SMILES string of the molecule is CC(=O)OC[C@@H]1C[C@@H](OC(C)=O)[C@@H](OC(C)=O)[C@@H](OC(C)=O)[C@@H]1OC(C)=O. The van der Waals surface area contributed by atoms with E-state index in [1.807, 2.05) is 0 Å². The molecule has 1 aliphatic rings. The summed E-state index contributed by atoms with van der Waals surface area (Å²) < 4.78 is 25.9. The molecule has 0 saturated heterocycles. The number of carbonyl (C=O) groups excluding carboxylic acids is 5. The van der Waals surface area contributed by atoms with Crippen molar-refractivity contribution in [1.82, 2.24) is 0 Å². The fourth-order valence-electron chi connectivity index (χ4n) is 2.96. The van der Waals surface area contributed by atoms with Gasteiger partial charge in [0.05, 0.1) is 6.61 Å². The lowest BCUT2D eigenvalue weighted by Gasteiger charge is -2.43. The maximum Gasteiger partial charge on any atom is 0.303 e. The predicted octanol–water partition coefficient (Wildman–Crippen LogP) is 0.296. The van der Waals surface area contributed by atoms with Crippen molar-refractivity contribution in [3.8, 4) is 0 Å². The summed E-state index contributed by atoms with van der Waals surface area (Å²) in [7, 11) is 0. The minimum absolute atomic E-state index is 0.0561. The van der Waals surface area contributed by atoms with Gasteiger partial charge in [0.25, 0.3) is 0 Å². The van der Waals surface area contributed by atoms with Crippen LogP contribution in [0.1, 0.15) is 41.0 Å². The third kappa shape index (κ3) is 7.24. The van der Waals surface area contributed by atoms with Crippen LogP contribution in [0.3, 0.4) is 0 Å². The second-order valence-corrected chi connectivity index (χ2v) is 6.17. The summed E-state index contributed by atoms with van der Waals surface area (Å²) in [6, 6.07) is 0. The Morgan fingerprint density at radius 1 is 0.630 bits per heavy atom. The molecule has 27 heavy (non-hydrogen) atoms. The molecule has 0 aromatic carbocycles. The Morgan fingerprint density at radius 2 is 1.07 bits per heavy atom. The van der Waals surface area contributed by atoms with E-state index in [9.17, 15) is 24.0 Å². The van der Waals surface area contributed by atoms with Crippen LogP contribution in [0.2, 0.25) is 0 Å². The molecule has 10 heteroatoms. The Kier molecular flexibility index (Phi) is 8.20. The van der Waals surface area contributed by atoms with Crippen molar-refractivity contribution in [1.29, 1.82) is 0 Å². The smallest absolute Gasteiger partial charge is 0.303 e. The van der Waals surface area contributed by atoms with E-state index in [0.29, 0.717) is 0 Å². The van der Waals surface area contributed by atoms with Crippen LogP contribution in [0, 0.1) is 5.92 Å². The van der Waals surface area contributed by atoms with Gasteiger partial charge in [0.1, 0.15) is 12.2 Å². The minimum Gasteiger partial charge on any atom is -0.465 e. The van der Waals surface area contributed by atoms with Crippen LogP contribution in [0.5, 0.6) is 0 Å². The van der Waals surface area contributed by atoms with Gasteiger partial charge in [-0.2, -0.15) is 0 Å². The van der Waals surface area contributed by atoms with E-state index in [2.05, 4.69) is 0 Å². The first-order valence-corrected chi connectivity index (χ1v) is 8.33. The summed E-state index contributed by atoms with van der Waals surface area (Å²) in [5.41, 5.74) is 0. The topological polar surface area (TPSA) is 132 Å². The average molecular weight is 388 g/mol. The quantitative estimate of drug-likeness (QED) is 0.462. The first-order chi connectivity index (χ1) is 12.5. The van der Waals surface area contributed by atoms with Gasteiger partial charge in [-0.05, 0) is 6.42 Å². The van der Waals surface area contributed by atoms with Gasteiger partial charge in [0.15, 0.2) is 12.2 Å². The van der Waals surface area contributed by atoms with Gasteiger partial charge in [0, 0.05) is 40.5 Å². The third-order valence-corrected chi connectivity index (χ3v) is 3.74. The highest BCUT2D eigenvalue weighted by molar-refractivity contribution is 5.69. The zero-order valence-corrected chi connectivity index (χ0v) is 15.9. The van der Waals surface area contributed by atoms with Crippen molar-refractivity contribution in [3.05, 3.63) is 0 Å². The van der Waals surface area contributed by atoms with Crippen LogP contribution < -0.4 is 0 Å². The van der Waals surface area contributed by atoms with Crippen molar-refractivity contribution < 1.29 is 47.7 Å². The monoisotopic (exact) mass is 388 g/mol. The molecule has 0 aliphatic heterocycles. The number of hydrogen-bond donors (Lipinski definition) is 0. The van der Waals surface area contributed by atoms with Crippen LogP contribution >= 0.6 is 0 Å². The van der Waals surface area contributed by atoms with Crippen molar-refractivity contribution in [2.45, 2.75) is 65.5 Å². The molecule has 0 heterocycles. The molecule has 1 aliphatic carbocycles. The highest BCUT2D eigenvalue weighted by Gasteiger charge is 2.52. The molecule has 10 nitrogen and oxygen atoms in total. The molecular formula is C17H24O10. The van der Waals surface area contributed by atoms with Crippen LogP contribution in [0.4, 0.5) is 0 Å². The number of ether oxygens (including phenoxy) is 5. The molecule has 0 aromatic rings. The Morgan fingerprint density at radius 3 is 1.52 bits per heavy atom. The first-order valence-electron chi connectivity index (χ1n) is 8.33. The summed E-state index contributed by atoms with van der Waals surface area (Å²) in [6.45, 7) is 5.64. The highest BCUT2D eigenvalue weighted by Crippen LogP contribution is 2.34. The molecule has 0 spiro atoms. The fourth-order valence-corrected chi connectivity index (χ4v) is 2.96. The van der Waals surface area contributed by atoms with Crippen molar-refractivity contribution in [3.63, 3.8) is 0 Å². The Balaban J connectivity index is 3.29. The van der Waals surface area contributed by atoms with Crippen LogP contribution in [-0.2, 0) is 47.7 Å². The summed E-state index contributed by atoms with van der Waals surface area (Å²) in [4.78, 5) is 57.3. The minimum atomic E-state index is -1.24. The summed E-state index contributed by atoms with van der Waals surface area (Å²) in [6.07, 6.45) is -4.42. The molecule has 1 saturated carbocycles. The van der Waals surface area contributed by atoms with E-state index in [4.69, 9.17) is 23.7 Å². The van der Waals surface area contributed by atoms with Crippen LogP contribution in [-0.4, -0.2) is 60.9 Å². The zero-order valence-electron chi connectivity index (χ0n) is 15.9. The Labute approximate surface area is 156 Å². The van der Waals surface area contributed by atoms with Gasteiger partial charge in [-0.15, -0.1) is 0 Å². The van der Waals surface area contributed by atoms with Gasteiger partial charge in [-0.3, -0.25) is 24.0 Å². The van der Waals surface area contributed by atoms with Gasteiger partial charge in [0.2, 0.25) is 0 Å². The predicted molar refractivity (Wildman–Crippen MR) is 87.0 cm³/mol. The standard InChI is InChI=1S/C17H24O10/c1-8(18)23-7-13-6-14(24-9(2)19)16(26-11(4)21)17(27-12(5)22)15(13)25-10(3)20/h13-17H,6-7H2,1-5H3/t13-,14+,15+,16+,17-/m0/s1. The molecule has 0 radical (unpaired) electrons. The van der Waals surface area contributed by atoms with E-state index < -0.39 is 60.2 Å². The average Bonchev–Trinajstić information content (AvgIpc) is 2.49. The molecule has 0 unspecified atom stereocenters. The van der Waals surface area contributed by atoms with Crippen molar-refractivity contribution >= 4 is 29.8 Å². The number of carbonyl (C=O) groups is 5. The van der Waals surface area contributed by atoms with E-state index in [-0.39, 0.29) is 13.0 Å². The largest absolute Gasteiger partial charge is 0.465 e. The second kappa shape index (κ2) is 9.89. The summed E-state index contributed by atoms with van der Waals surface area (Å²) in [5, 5.41) is 0. The molecular weight excluding hydrogens is 364 g/mol. The Bertz CT molecular complexity index is 599.